The highest BCUT2D eigenvalue weighted by molar-refractivity contribution is 7.89. The van der Waals surface area contributed by atoms with Crippen LogP contribution in [0.4, 0.5) is 11.4 Å². The quantitative estimate of drug-likeness (QED) is 0.421. The number of hydrogen-bond acceptors (Lipinski definition) is 6. The Hall–Kier alpha value is -3.76. The molecule has 0 fully saturated rings. The van der Waals surface area contributed by atoms with Crippen molar-refractivity contribution in [1.29, 1.82) is 0 Å². The summed E-state index contributed by atoms with van der Waals surface area (Å²) in [6.45, 7) is 2.12. The number of hydrogen-bond donors (Lipinski definition) is 1. The van der Waals surface area contributed by atoms with Gasteiger partial charge in [0.2, 0.25) is 10.0 Å². The number of rotatable bonds is 6. The first-order valence-electron chi connectivity index (χ1n) is 10.5. The molecule has 3 aromatic carbocycles. The van der Waals surface area contributed by atoms with Gasteiger partial charge in [-0.15, -0.1) is 0 Å². The lowest BCUT2D eigenvalue weighted by Crippen LogP contribution is -2.36. The van der Waals surface area contributed by atoms with E-state index in [9.17, 15) is 23.3 Å². The molecule has 1 aliphatic rings. The first-order valence-corrected chi connectivity index (χ1v) is 12.0. The third-order valence-electron chi connectivity index (χ3n) is 5.79. The molecule has 0 unspecified atom stereocenters. The maximum absolute atomic E-state index is 13.1. The number of anilines is 1. The number of nitro benzene ring substituents is 1. The van der Waals surface area contributed by atoms with E-state index < -0.39 is 20.9 Å². The van der Waals surface area contributed by atoms with E-state index >= 15 is 0 Å². The number of aryl methyl sites for hydroxylation is 1. The summed E-state index contributed by atoms with van der Waals surface area (Å²) in [7, 11) is -2.17. The highest BCUT2D eigenvalue weighted by Crippen LogP contribution is 2.28. The molecule has 0 saturated carbocycles. The lowest BCUT2D eigenvalue weighted by Gasteiger charge is -2.28. The second-order valence-electron chi connectivity index (χ2n) is 7.96. The van der Waals surface area contributed by atoms with Crippen molar-refractivity contribution in [2.75, 3.05) is 19.0 Å². The molecule has 0 bridgehead atoms. The Labute approximate surface area is 197 Å². The normalized spacial score (nSPS) is 13.7. The molecule has 0 radical (unpaired) electrons. The number of methoxy groups -OCH3 is 1. The van der Waals surface area contributed by atoms with Crippen LogP contribution in [-0.4, -0.2) is 37.2 Å². The summed E-state index contributed by atoms with van der Waals surface area (Å²) in [6.07, 6.45) is 0.556. The maximum atomic E-state index is 13.1. The summed E-state index contributed by atoms with van der Waals surface area (Å²) < 4.78 is 32.8. The van der Waals surface area contributed by atoms with Crippen LogP contribution in [-0.2, 0) is 23.0 Å². The van der Waals surface area contributed by atoms with Crippen molar-refractivity contribution in [3.8, 4) is 5.75 Å². The van der Waals surface area contributed by atoms with Crippen molar-refractivity contribution in [3.05, 3.63) is 93.0 Å². The van der Waals surface area contributed by atoms with Crippen molar-refractivity contribution in [2.24, 2.45) is 0 Å². The summed E-state index contributed by atoms with van der Waals surface area (Å²) in [5.74, 6) is 0.169. The van der Waals surface area contributed by atoms with Gasteiger partial charge >= 0.3 is 0 Å². The summed E-state index contributed by atoms with van der Waals surface area (Å²) in [5, 5.41) is 13.8. The van der Waals surface area contributed by atoms with Crippen LogP contribution in [0.25, 0.3) is 0 Å². The molecular formula is C24H23N3O6S. The fourth-order valence-electron chi connectivity index (χ4n) is 3.92. The Morgan fingerprint density at radius 2 is 1.79 bits per heavy atom. The molecule has 10 heteroatoms. The van der Waals surface area contributed by atoms with Crippen molar-refractivity contribution in [1.82, 2.24) is 4.31 Å². The standard InChI is InChI=1S/C24H23N3O6S/c1-16-13-18(4-10-23(16)27(29)30)24(28)25-20-5-3-17-11-12-26(15-19(17)14-20)34(31,32)22-8-6-21(33-2)7-9-22/h3-10,13-14H,11-12,15H2,1-2H3,(H,25,28). The molecule has 4 rings (SSSR count). The summed E-state index contributed by atoms with van der Waals surface area (Å²) in [5.41, 5.74) is 2.98. The molecule has 34 heavy (non-hydrogen) atoms. The van der Waals surface area contributed by atoms with Crippen LogP contribution in [0.1, 0.15) is 27.0 Å². The number of carbonyl (C=O) groups excluding carboxylic acids is 1. The number of amides is 1. The van der Waals surface area contributed by atoms with Gasteiger partial charge < -0.3 is 10.1 Å². The summed E-state index contributed by atoms with van der Waals surface area (Å²) in [6, 6.07) is 15.8. The predicted octanol–water partition coefficient (Wildman–Crippen LogP) is 3.91. The van der Waals surface area contributed by atoms with Crippen LogP contribution >= 0.6 is 0 Å². The smallest absolute Gasteiger partial charge is 0.272 e. The molecule has 9 nitrogen and oxygen atoms in total. The third kappa shape index (κ3) is 4.63. The van der Waals surface area contributed by atoms with E-state index in [1.807, 2.05) is 6.07 Å². The van der Waals surface area contributed by atoms with Crippen molar-refractivity contribution in [2.45, 2.75) is 24.8 Å². The van der Waals surface area contributed by atoms with Gasteiger partial charge in [-0.25, -0.2) is 8.42 Å². The maximum Gasteiger partial charge on any atom is 0.272 e. The molecule has 1 amide bonds. The first kappa shape index (κ1) is 23.4. The van der Waals surface area contributed by atoms with Gasteiger partial charge in [0.15, 0.2) is 0 Å². The highest BCUT2D eigenvalue weighted by Gasteiger charge is 2.28. The third-order valence-corrected chi connectivity index (χ3v) is 7.65. The molecule has 0 saturated heterocycles. The van der Waals surface area contributed by atoms with Gasteiger partial charge in [0.1, 0.15) is 5.75 Å². The van der Waals surface area contributed by atoms with Gasteiger partial charge in [-0.05, 0) is 73.0 Å². The number of nitrogens with zero attached hydrogens (tertiary/aromatic N) is 2. The van der Waals surface area contributed by atoms with E-state index in [0.717, 1.165) is 11.1 Å². The van der Waals surface area contributed by atoms with Gasteiger partial charge in [-0.1, -0.05) is 6.07 Å². The van der Waals surface area contributed by atoms with Crippen LogP contribution in [0.15, 0.2) is 65.6 Å². The molecule has 1 aliphatic heterocycles. The average molecular weight is 482 g/mol. The van der Waals surface area contributed by atoms with E-state index in [2.05, 4.69) is 5.32 Å². The van der Waals surface area contributed by atoms with Crippen LogP contribution in [0.5, 0.6) is 5.75 Å². The number of ether oxygens (including phenoxy) is 1. The topological polar surface area (TPSA) is 119 Å². The van der Waals surface area contributed by atoms with Gasteiger partial charge in [0.25, 0.3) is 11.6 Å². The van der Waals surface area contributed by atoms with Gasteiger partial charge in [-0.2, -0.15) is 4.31 Å². The lowest BCUT2D eigenvalue weighted by molar-refractivity contribution is -0.385. The number of carbonyl (C=O) groups is 1. The number of nitro groups is 1. The molecule has 1 heterocycles. The van der Waals surface area contributed by atoms with Crippen LogP contribution in [0, 0.1) is 17.0 Å². The van der Waals surface area contributed by atoms with E-state index in [0.29, 0.717) is 35.5 Å². The molecule has 0 spiro atoms. The summed E-state index contributed by atoms with van der Waals surface area (Å²) in [4.78, 5) is 23.4. The highest BCUT2D eigenvalue weighted by atomic mass is 32.2. The monoisotopic (exact) mass is 481 g/mol. The van der Waals surface area contributed by atoms with E-state index in [-0.39, 0.29) is 17.1 Å². The van der Waals surface area contributed by atoms with Gasteiger partial charge in [-0.3, -0.25) is 14.9 Å². The predicted molar refractivity (Wildman–Crippen MR) is 127 cm³/mol. The zero-order valence-corrected chi connectivity index (χ0v) is 19.5. The fourth-order valence-corrected chi connectivity index (χ4v) is 5.33. The molecule has 0 aliphatic carbocycles. The average Bonchev–Trinajstić information content (AvgIpc) is 2.83. The lowest BCUT2D eigenvalue weighted by atomic mass is 10.0. The molecule has 0 aromatic heterocycles. The molecule has 3 aromatic rings. The van der Waals surface area contributed by atoms with Gasteiger partial charge in [0, 0.05) is 36.0 Å². The zero-order valence-electron chi connectivity index (χ0n) is 18.6. The largest absolute Gasteiger partial charge is 0.497 e. The van der Waals surface area contributed by atoms with Crippen LogP contribution in [0.3, 0.4) is 0 Å². The molecule has 0 atom stereocenters. The van der Waals surface area contributed by atoms with Crippen molar-refractivity contribution < 1.29 is 22.9 Å². The zero-order chi connectivity index (χ0) is 24.5. The number of fused-ring (bicyclic) bond motifs is 1. The Balaban J connectivity index is 1.52. The molecule has 1 N–H and O–H groups in total. The number of sulfonamides is 1. The Morgan fingerprint density at radius 3 is 2.44 bits per heavy atom. The summed E-state index contributed by atoms with van der Waals surface area (Å²) >= 11 is 0. The first-order chi connectivity index (χ1) is 16.2. The van der Waals surface area contributed by atoms with Crippen molar-refractivity contribution in [3.63, 3.8) is 0 Å². The Bertz CT molecular complexity index is 1370. The number of benzene rings is 3. The number of nitrogens with one attached hydrogen (secondary N) is 1. The fraction of sp³-hybridized carbons (Fsp3) is 0.208. The van der Waals surface area contributed by atoms with E-state index in [4.69, 9.17) is 4.74 Å². The van der Waals surface area contributed by atoms with Crippen LogP contribution < -0.4 is 10.1 Å². The Kier molecular flexibility index (Phi) is 6.36. The minimum atomic E-state index is -3.69. The second kappa shape index (κ2) is 9.24. The van der Waals surface area contributed by atoms with E-state index in [1.165, 1.54) is 41.7 Å². The Morgan fingerprint density at radius 1 is 1.06 bits per heavy atom. The minimum absolute atomic E-state index is 0.0523. The second-order valence-corrected chi connectivity index (χ2v) is 9.90. The van der Waals surface area contributed by atoms with Crippen LogP contribution in [0.2, 0.25) is 0 Å². The van der Waals surface area contributed by atoms with E-state index in [1.54, 1.807) is 31.2 Å². The molecule has 176 valence electrons. The van der Waals surface area contributed by atoms with Crippen molar-refractivity contribution >= 4 is 27.3 Å². The minimum Gasteiger partial charge on any atom is -0.497 e. The molecular weight excluding hydrogens is 458 g/mol. The van der Waals surface area contributed by atoms with Gasteiger partial charge in [0.05, 0.1) is 16.9 Å². The SMILES string of the molecule is COc1ccc(S(=O)(=O)N2CCc3ccc(NC(=O)c4ccc([N+](=O)[O-])c(C)c4)cc3C2)cc1.